The van der Waals surface area contributed by atoms with Gasteiger partial charge >= 0.3 is 0 Å². The van der Waals surface area contributed by atoms with Crippen LogP contribution < -0.4 is 0 Å². The smallest absolute Gasteiger partial charge is 0.238 e. The van der Waals surface area contributed by atoms with Crippen LogP contribution in [0.4, 0.5) is 0 Å². The van der Waals surface area contributed by atoms with Crippen LogP contribution in [-0.2, 0) is 6.42 Å². The van der Waals surface area contributed by atoms with Crippen molar-refractivity contribution in [2.24, 2.45) is 0 Å². The van der Waals surface area contributed by atoms with Gasteiger partial charge in [-0.1, -0.05) is 121 Å². The molecular weight excluding hydrogens is 699 g/mol. The standard InChI is InChI=1S/C50H33N7/c1-3-19-37(20-4-1)56-44-25-6-2-5-21-38(44)40-27-28-41-39-22-7-8-26-45(39)57(47(41)46(40)56)50-54-48(35-17-13-15-33(31-35)42-23-9-11-29-51-42)53-49(55-50)36-18-14-16-34(32-36)43-24-10-12-30-52-43/h1-24,26-32H,25H2. The second-order valence-corrected chi connectivity index (χ2v) is 14.1. The first kappa shape index (κ1) is 32.6. The van der Waals surface area contributed by atoms with Gasteiger partial charge in [0.05, 0.1) is 27.9 Å². The van der Waals surface area contributed by atoms with Crippen molar-refractivity contribution in [3.8, 4) is 56.9 Å². The zero-order valence-corrected chi connectivity index (χ0v) is 30.7. The van der Waals surface area contributed by atoms with Gasteiger partial charge in [-0.3, -0.25) is 14.5 Å². The van der Waals surface area contributed by atoms with Crippen molar-refractivity contribution >= 4 is 38.8 Å². The van der Waals surface area contributed by atoms with E-state index < -0.39 is 0 Å². The predicted octanol–water partition coefficient (Wildman–Crippen LogP) is 11.5. The van der Waals surface area contributed by atoms with Crippen LogP contribution in [0.15, 0.2) is 182 Å². The molecule has 5 heterocycles. The number of pyridine rings is 2. The fourth-order valence-corrected chi connectivity index (χ4v) is 8.19. The molecule has 1 aliphatic carbocycles. The van der Waals surface area contributed by atoms with Gasteiger partial charge in [0.2, 0.25) is 5.95 Å². The van der Waals surface area contributed by atoms with Crippen LogP contribution in [0.3, 0.4) is 0 Å². The molecule has 7 nitrogen and oxygen atoms in total. The minimum absolute atomic E-state index is 0.534. The van der Waals surface area contributed by atoms with E-state index >= 15 is 0 Å². The third kappa shape index (κ3) is 5.55. The molecule has 0 bridgehead atoms. The highest BCUT2D eigenvalue weighted by molar-refractivity contribution is 6.19. The molecule has 0 amide bonds. The molecule has 0 N–H and O–H groups in total. The Morgan fingerprint density at radius 1 is 0.456 bits per heavy atom. The molecule has 5 aromatic heterocycles. The second-order valence-electron chi connectivity index (χ2n) is 14.1. The summed E-state index contributed by atoms with van der Waals surface area (Å²) in [7, 11) is 0. The van der Waals surface area contributed by atoms with E-state index in [4.69, 9.17) is 15.0 Å². The van der Waals surface area contributed by atoms with E-state index in [0.717, 1.165) is 73.1 Å². The summed E-state index contributed by atoms with van der Waals surface area (Å²) in [5, 5.41) is 3.42. The van der Waals surface area contributed by atoms with Crippen LogP contribution in [-0.4, -0.2) is 34.1 Å². The summed E-state index contributed by atoms with van der Waals surface area (Å²) >= 11 is 0. The average molecular weight is 732 g/mol. The van der Waals surface area contributed by atoms with Crippen molar-refractivity contribution < 1.29 is 0 Å². The Balaban J connectivity index is 1.24. The van der Waals surface area contributed by atoms with Crippen LogP contribution in [0, 0.1) is 0 Å². The van der Waals surface area contributed by atoms with Gasteiger partial charge in [0.15, 0.2) is 11.6 Å². The minimum atomic E-state index is 0.534. The average Bonchev–Trinajstić information content (AvgIpc) is 3.67. The fourth-order valence-electron chi connectivity index (χ4n) is 8.19. The number of benzene rings is 5. The van der Waals surface area contributed by atoms with Crippen LogP contribution in [0.2, 0.25) is 0 Å². The number of rotatable bonds is 6. The van der Waals surface area contributed by atoms with Crippen molar-refractivity contribution in [1.82, 2.24) is 34.1 Å². The summed E-state index contributed by atoms with van der Waals surface area (Å²) in [6, 6.07) is 52.2. The predicted molar refractivity (Wildman–Crippen MR) is 230 cm³/mol. The third-order valence-electron chi connectivity index (χ3n) is 10.7. The Kier molecular flexibility index (Phi) is 7.74. The van der Waals surface area contributed by atoms with Gasteiger partial charge in [-0.2, -0.15) is 9.97 Å². The number of fused-ring (bicyclic) bond motifs is 7. The van der Waals surface area contributed by atoms with Crippen molar-refractivity contribution in [3.05, 3.63) is 194 Å². The maximum Gasteiger partial charge on any atom is 0.238 e. The molecule has 268 valence electrons. The Morgan fingerprint density at radius 3 is 1.75 bits per heavy atom. The normalized spacial score (nSPS) is 12.4. The fraction of sp³-hybridized carbons (Fsp3) is 0.0200. The van der Waals surface area contributed by atoms with E-state index in [9.17, 15) is 0 Å². The van der Waals surface area contributed by atoms with E-state index in [1.54, 1.807) is 0 Å². The molecule has 0 spiro atoms. The number of allylic oxidation sites excluding steroid dienone is 3. The number of hydrogen-bond donors (Lipinski definition) is 0. The zero-order chi connectivity index (χ0) is 37.7. The molecule has 5 aromatic carbocycles. The first-order chi connectivity index (χ1) is 28.3. The summed E-state index contributed by atoms with van der Waals surface area (Å²) in [5.41, 5.74) is 12.2. The van der Waals surface area contributed by atoms with Crippen LogP contribution in [0.5, 0.6) is 0 Å². The molecule has 0 radical (unpaired) electrons. The van der Waals surface area contributed by atoms with Crippen LogP contribution in [0.25, 0.3) is 95.7 Å². The van der Waals surface area contributed by atoms with Crippen LogP contribution >= 0.6 is 0 Å². The largest absolute Gasteiger partial charge is 0.311 e. The van der Waals surface area contributed by atoms with Crippen molar-refractivity contribution in [2.75, 3.05) is 0 Å². The third-order valence-corrected chi connectivity index (χ3v) is 10.7. The first-order valence-electron chi connectivity index (χ1n) is 19.1. The molecule has 1 aliphatic rings. The monoisotopic (exact) mass is 731 g/mol. The number of hydrogen-bond acceptors (Lipinski definition) is 5. The Hall–Kier alpha value is -7.77. The molecule has 0 saturated carbocycles. The molecule has 0 aliphatic heterocycles. The van der Waals surface area contributed by atoms with Gasteiger partial charge in [0.25, 0.3) is 0 Å². The zero-order valence-electron chi connectivity index (χ0n) is 30.7. The molecule has 11 rings (SSSR count). The van der Waals surface area contributed by atoms with Gasteiger partial charge in [0.1, 0.15) is 0 Å². The molecule has 0 unspecified atom stereocenters. The van der Waals surface area contributed by atoms with Crippen LogP contribution in [0.1, 0.15) is 11.3 Å². The molecule has 0 saturated heterocycles. The summed E-state index contributed by atoms with van der Waals surface area (Å²) in [4.78, 5) is 25.2. The summed E-state index contributed by atoms with van der Waals surface area (Å²) in [5.74, 6) is 1.67. The first-order valence-corrected chi connectivity index (χ1v) is 19.1. The van der Waals surface area contributed by atoms with Crippen molar-refractivity contribution in [3.63, 3.8) is 0 Å². The quantitative estimate of drug-likeness (QED) is 0.170. The molecule has 7 heteroatoms. The highest BCUT2D eigenvalue weighted by atomic mass is 15.2. The lowest BCUT2D eigenvalue weighted by Gasteiger charge is -2.14. The summed E-state index contributed by atoms with van der Waals surface area (Å²) in [6.45, 7) is 0. The highest BCUT2D eigenvalue weighted by Crippen LogP contribution is 2.42. The minimum Gasteiger partial charge on any atom is -0.311 e. The SMILES string of the molecule is C1=CCc2c(c3ccc4c5ccccc5n(-c5nc(-c6cccc(-c7ccccn7)c6)nc(-c6cccc(-c7ccccn7)c6)n5)c4c3n2-c2ccccc2)C=C1. The lowest BCUT2D eigenvalue weighted by Crippen LogP contribution is -2.07. The molecule has 0 fully saturated rings. The number of aromatic nitrogens is 7. The van der Waals surface area contributed by atoms with E-state index in [1.165, 1.54) is 16.6 Å². The number of nitrogens with zero attached hydrogens (tertiary/aromatic N) is 7. The van der Waals surface area contributed by atoms with Gasteiger partial charge in [-0.05, 0) is 54.6 Å². The Labute approximate surface area is 328 Å². The van der Waals surface area contributed by atoms with E-state index in [2.05, 4.69) is 147 Å². The lowest BCUT2D eigenvalue weighted by molar-refractivity contribution is 0.949. The van der Waals surface area contributed by atoms with Gasteiger partial charge < -0.3 is 4.57 Å². The highest BCUT2D eigenvalue weighted by Gasteiger charge is 2.25. The molecule has 10 aromatic rings. The summed E-state index contributed by atoms with van der Waals surface area (Å²) in [6.07, 6.45) is 13.2. The Bertz CT molecular complexity index is 3090. The Morgan fingerprint density at radius 2 is 1.07 bits per heavy atom. The maximum absolute atomic E-state index is 5.37. The van der Waals surface area contributed by atoms with Gasteiger partial charge in [-0.15, -0.1) is 0 Å². The maximum atomic E-state index is 5.37. The van der Waals surface area contributed by atoms with Gasteiger partial charge in [0, 0.05) is 74.2 Å². The summed E-state index contributed by atoms with van der Waals surface area (Å²) < 4.78 is 4.67. The molecule has 57 heavy (non-hydrogen) atoms. The van der Waals surface area contributed by atoms with Crippen molar-refractivity contribution in [1.29, 1.82) is 0 Å². The molecule has 0 atom stereocenters. The second kappa shape index (κ2) is 13.5. The van der Waals surface area contributed by atoms with E-state index in [0.29, 0.717) is 17.6 Å². The lowest BCUT2D eigenvalue weighted by atomic mass is 10.1. The number of para-hydroxylation sites is 2. The van der Waals surface area contributed by atoms with Gasteiger partial charge in [-0.25, -0.2) is 4.98 Å². The van der Waals surface area contributed by atoms with Crippen molar-refractivity contribution in [2.45, 2.75) is 6.42 Å². The van der Waals surface area contributed by atoms with E-state index in [-0.39, 0.29) is 0 Å². The topological polar surface area (TPSA) is 74.3 Å². The van der Waals surface area contributed by atoms with E-state index in [1.807, 2.05) is 60.9 Å². The molecular formula is C50H33N7.